The Balaban J connectivity index is 1.45. The van der Waals surface area contributed by atoms with E-state index in [9.17, 15) is 19.5 Å². The molecule has 0 unspecified atom stereocenters. The van der Waals surface area contributed by atoms with E-state index in [0.29, 0.717) is 57.5 Å². The number of nitrogens with one attached hydrogen (secondary N) is 1. The third kappa shape index (κ3) is 4.88. The highest BCUT2D eigenvalue weighted by Gasteiger charge is 2.68. The lowest BCUT2D eigenvalue weighted by Gasteiger charge is -2.19. The van der Waals surface area contributed by atoms with E-state index in [1.807, 2.05) is 26.0 Å². The fraction of sp³-hybridized carbons (Fsp3) is 0.375. The fourth-order valence-corrected chi connectivity index (χ4v) is 5.91. The zero-order chi connectivity index (χ0) is 32.4. The first kappa shape index (κ1) is 29.9. The lowest BCUT2D eigenvalue weighted by molar-refractivity contribution is -0.119. The number of aromatic nitrogens is 4. The molecule has 45 heavy (non-hydrogen) atoms. The number of hydrogen-bond acceptors (Lipinski definition) is 10. The molecule has 6 rings (SSSR count). The molecule has 0 bridgehead atoms. The van der Waals surface area contributed by atoms with Gasteiger partial charge in [0.05, 0.1) is 37.0 Å². The van der Waals surface area contributed by atoms with Crippen LogP contribution in [-0.2, 0) is 14.9 Å². The Hall–Kier alpha value is -5.20. The number of ether oxygens (including phenoxy) is 3. The Morgan fingerprint density at radius 1 is 1.09 bits per heavy atom. The molecule has 13 heteroatoms. The summed E-state index contributed by atoms with van der Waals surface area (Å²) >= 11 is 0. The van der Waals surface area contributed by atoms with E-state index in [2.05, 4.69) is 20.4 Å². The molecule has 2 amide bonds. The van der Waals surface area contributed by atoms with Gasteiger partial charge in [-0.25, -0.2) is 24.5 Å². The Morgan fingerprint density at radius 2 is 1.84 bits per heavy atom. The lowest BCUT2D eigenvalue weighted by atomic mass is 9.91. The highest BCUT2D eigenvalue weighted by atomic mass is 16.6. The summed E-state index contributed by atoms with van der Waals surface area (Å²) in [6.07, 6.45) is -0.0641. The van der Waals surface area contributed by atoms with E-state index in [1.165, 1.54) is 18.9 Å². The highest BCUT2D eigenvalue weighted by Crippen LogP contribution is 2.67. The van der Waals surface area contributed by atoms with Gasteiger partial charge in [0.25, 0.3) is 0 Å². The Kier molecular flexibility index (Phi) is 6.94. The van der Waals surface area contributed by atoms with E-state index in [4.69, 9.17) is 14.2 Å². The molecule has 1 aliphatic heterocycles. The van der Waals surface area contributed by atoms with Crippen molar-refractivity contribution in [3.05, 3.63) is 59.5 Å². The molecule has 2 aromatic carbocycles. The van der Waals surface area contributed by atoms with Crippen LogP contribution in [0.1, 0.15) is 69.8 Å². The van der Waals surface area contributed by atoms with Crippen LogP contribution >= 0.6 is 0 Å². The number of carbonyl (C=O) groups is 3. The normalized spacial score (nSPS) is 18.8. The number of amides is 2. The highest BCUT2D eigenvalue weighted by molar-refractivity contribution is 6.22. The SMILES string of the molecule is COc1ccc2c(c1)[C@]1(C[C@H]1c1ccc3c(Nc4nc(C(C)C)ncc4OC)nn(C(=O)OC(C)(C)C)c3c1)C(=O)N2C(=O)O. The predicted octanol–water partition coefficient (Wildman–Crippen LogP) is 5.94. The second kappa shape index (κ2) is 10.5. The fourth-order valence-electron chi connectivity index (χ4n) is 5.91. The van der Waals surface area contributed by atoms with Crippen molar-refractivity contribution >= 4 is 46.3 Å². The van der Waals surface area contributed by atoms with Crippen LogP contribution in [0.4, 0.5) is 26.9 Å². The monoisotopic (exact) mass is 614 g/mol. The zero-order valence-electron chi connectivity index (χ0n) is 26.0. The number of nitrogens with zero attached hydrogens (tertiary/aromatic N) is 5. The van der Waals surface area contributed by atoms with Gasteiger partial charge in [-0.05, 0) is 68.7 Å². The molecule has 0 saturated heterocycles. The Labute approximate surface area is 259 Å². The molecule has 1 saturated carbocycles. The van der Waals surface area contributed by atoms with Gasteiger partial charge in [0.15, 0.2) is 17.4 Å². The zero-order valence-corrected chi connectivity index (χ0v) is 26.0. The number of carbonyl (C=O) groups excluding carboxylic acids is 2. The van der Waals surface area contributed by atoms with Gasteiger partial charge in [-0.15, -0.1) is 5.10 Å². The van der Waals surface area contributed by atoms with Gasteiger partial charge in [-0.3, -0.25) is 4.79 Å². The predicted molar refractivity (Wildman–Crippen MR) is 165 cm³/mol. The van der Waals surface area contributed by atoms with Crippen LogP contribution in [0.25, 0.3) is 10.9 Å². The van der Waals surface area contributed by atoms with Crippen molar-refractivity contribution in [2.75, 3.05) is 24.4 Å². The van der Waals surface area contributed by atoms with Gasteiger partial charge in [-0.2, -0.15) is 4.68 Å². The van der Waals surface area contributed by atoms with Crippen molar-refractivity contribution in [2.24, 2.45) is 0 Å². The molecule has 234 valence electrons. The van der Waals surface area contributed by atoms with Gasteiger partial charge < -0.3 is 24.6 Å². The van der Waals surface area contributed by atoms with E-state index < -0.39 is 29.1 Å². The topological polar surface area (TPSA) is 158 Å². The molecule has 3 heterocycles. The minimum atomic E-state index is -1.34. The summed E-state index contributed by atoms with van der Waals surface area (Å²) in [5.41, 5.74) is 0.239. The first-order valence-electron chi connectivity index (χ1n) is 14.5. The van der Waals surface area contributed by atoms with E-state index >= 15 is 0 Å². The molecule has 2 atom stereocenters. The number of imide groups is 1. The second-order valence-corrected chi connectivity index (χ2v) is 12.5. The van der Waals surface area contributed by atoms with E-state index in [1.54, 1.807) is 51.2 Å². The minimum absolute atomic E-state index is 0.0568. The van der Waals surface area contributed by atoms with Crippen LogP contribution in [0, 0.1) is 0 Å². The second-order valence-electron chi connectivity index (χ2n) is 12.5. The molecular weight excluding hydrogens is 580 g/mol. The number of anilines is 3. The summed E-state index contributed by atoms with van der Waals surface area (Å²) in [5, 5.41) is 18.3. The number of hydrogen-bond donors (Lipinski definition) is 2. The summed E-state index contributed by atoms with van der Waals surface area (Å²) in [7, 11) is 3.03. The average molecular weight is 615 g/mol. The number of fused-ring (bicyclic) bond motifs is 3. The van der Waals surface area contributed by atoms with Crippen LogP contribution in [0.15, 0.2) is 42.6 Å². The van der Waals surface area contributed by atoms with Crippen LogP contribution < -0.4 is 19.7 Å². The van der Waals surface area contributed by atoms with Crippen molar-refractivity contribution in [1.82, 2.24) is 19.7 Å². The average Bonchev–Trinajstić information content (AvgIpc) is 3.57. The summed E-state index contributed by atoms with van der Waals surface area (Å²) in [5.74, 6) is 1.44. The molecule has 1 aliphatic carbocycles. The van der Waals surface area contributed by atoms with Gasteiger partial charge >= 0.3 is 12.2 Å². The van der Waals surface area contributed by atoms with Crippen LogP contribution in [-0.4, -0.2) is 62.8 Å². The first-order valence-corrected chi connectivity index (χ1v) is 14.5. The van der Waals surface area contributed by atoms with Crippen LogP contribution in [0.2, 0.25) is 0 Å². The van der Waals surface area contributed by atoms with Crippen molar-refractivity contribution < 1.29 is 33.7 Å². The minimum Gasteiger partial charge on any atom is -0.497 e. The maximum absolute atomic E-state index is 13.7. The van der Waals surface area contributed by atoms with E-state index in [0.717, 1.165) is 10.5 Å². The lowest BCUT2D eigenvalue weighted by Crippen LogP contribution is -2.36. The van der Waals surface area contributed by atoms with Gasteiger partial charge in [0.1, 0.15) is 17.2 Å². The first-order chi connectivity index (χ1) is 21.3. The molecule has 2 N–H and O–H groups in total. The van der Waals surface area contributed by atoms with Crippen molar-refractivity contribution in [1.29, 1.82) is 0 Å². The Morgan fingerprint density at radius 3 is 2.49 bits per heavy atom. The summed E-state index contributed by atoms with van der Waals surface area (Å²) in [6.45, 7) is 9.24. The smallest absolute Gasteiger partial charge is 0.435 e. The van der Waals surface area contributed by atoms with Crippen LogP contribution in [0.3, 0.4) is 0 Å². The summed E-state index contributed by atoms with van der Waals surface area (Å²) in [4.78, 5) is 49.0. The molecule has 2 aromatic heterocycles. The van der Waals surface area contributed by atoms with Gasteiger partial charge in [-0.1, -0.05) is 19.9 Å². The number of carboxylic acid groups (broad SMARTS) is 1. The summed E-state index contributed by atoms with van der Waals surface area (Å²) < 4.78 is 17.7. The summed E-state index contributed by atoms with van der Waals surface area (Å²) in [6, 6.07) is 10.4. The molecule has 1 fully saturated rings. The van der Waals surface area contributed by atoms with Crippen molar-refractivity contribution in [3.8, 4) is 11.5 Å². The van der Waals surface area contributed by atoms with Crippen molar-refractivity contribution in [3.63, 3.8) is 0 Å². The molecular formula is C32H34N6O7. The Bertz CT molecular complexity index is 1880. The third-order valence-electron chi connectivity index (χ3n) is 8.08. The molecule has 4 aromatic rings. The molecule has 13 nitrogen and oxygen atoms in total. The van der Waals surface area contributed by atoms with Gasteiger partial charge in [0.2, 0.25) is 5.91 Å². The quantitative estimate of drug-likeness (QED) is 0.265. The van der Waals surface area contributed by atoms with Crippen molar-refractivity contribution in [2.45, 2.75) is 63.9 Å². The molecule has 2 aliphatic rings. The van der Waals surface area contributed by atoms with Crippen LogP contribution in [0.5, 0.6) is 11.5 Å². The molecule has 0 radical (unpaired) electrons. The maximum atomic E-state index is 13.7. The number of rotatable bonds is 6. The maximum Gasteiger partial charge on any atom is 0.435 e. The number of methoxy groups -OCH3 is 2. The number of benzene rings is 2. The standard InChI is InChI=1S/C32H34N6O7/c1-16(2)25-33-15-24(44-7)27(34-25)35-26-19-10-8-17(12-23(19)38(36-26)30(42)45-31(3,4)5)21-14-32(21)20-13-18(43-6)9-11-22(20)37(28(32)39)29(40)41/h8-13,15-16,21H,14H2,1-7H3,(H,40,41)(H,33,34,35,36)/t21-,32-/m0/s1. The molecule has 1 spiro atoms. The van der Waals surface area contributed by atoms with Gasteiger partial charge in [0, 0.05) is 17.2 Å². The van der Waals surface area contributed by atoms with E-state index in [-0.39, 0.29) is 11.8 Å². The largest absolute Gasteiger partial charge is 0.497 e. The third-order valence-corrected chi connectivity index (χ3v) is 8.08.